The van der Waals surface area contributed by atoms with Gasteiger partial charge in [-0.25, -0.2) is 4.39 Å². The van der Waals surface area contributed by atoms with E-state index in [-0.39, 0.29) is 5.82 Å². The molecule has 3 aromatic rings. The summed E-state index contributed by atoms with van der Waals surface area (Å²) in [5, 5.41) is 3.92. The molecule has 0 bridgehead atoms. The molecule has 0 aliphatic heterocycles. The van der Waals surface area contributed by atoms with Crippen LogP contribution in [0.15, 0.2) is 47.1 Å². The fourth-order valence-corrected chi connectivity index (χ4v) is 2.53. The van der Waals surface area contributed by atoms with Crippen LogP contribution in [0.5, 0.6) is 0 Å². The Morgan fingerprint density at radius 3 is 2.76 bits per heavy atom. The van der Waals surface area contributed by atoms with Crippen molar-refractivity contribution in [1.29, 1.82) is 0 Å². The summed E-state index contributed by atoms with van der Waals surface area (Å²) in [6, 6.07) is 10.4. The van der Waals surface area contributed by atoms with Gasteiger partial charge >= 0.3 is 0 Å². The molecular weight excluding hydrogens is 333 g/mol. The van der Waals surface area contributed by atoms with Crippen molar-refractivity contribution >= 4 is 43.9 Å². The number of aryl methyl sites for hydroxylation is 1. The summed E-state index contributed by atoms with van der Waals surface area (Å²) in [5.74, 6) is -0.303. The molecule has 21 heavy (non-hydrogen) atoms. The summed E-state index contributed by atoms with van der Waals surface area (Å²) in [6.07, 6.45) is 1.69. The Morgan fingerprint density at radius 2 is 1.95 bits per heavy atom. The first-order valence-corrected chi connectivity index (χ1v) is 7.21. The fraction of sp³-hybridized carbons (Fsp3) is 0.0625. The molecule has 0 radical (unpaired) electrons. The van der Waals surface area contributed by atoms with E-state index >= 15 is 0 Å². The van der Waals surface area contributed by atoms with E-state index in [9.17, 15) is 4.39 Å². The highest BCUT2D eigenvalue weighted by atomic mass is 79.9. The number of anilines is 3. The second-order valence-electron chi connectivity index (χ2n) is 4.86. The van der Waals surface area contributed by atoms with Gasteiger partial charge in [0.2, 0.25) is 0 Å². The molecule has 2 aromatic carbocycles. The highest BCUT2D eigenvalue weighted by molar-refractivity contribution is 9.10. The summed E-state index contributed by atoms with van der Waals surface area (Å²) in [4.78, 5) is 4.38. The molecule has 106 valence electrons. The number of fused-ring (bicyclic) bond motifs is 1. The highest BCUT2D eigenvalue weighted by Gasteiger charge is 2.09. The minimum Gasteiger partial charge on any atom is -0.398 e. The molecule has 0 saturated carbocycles. The Hall–Kier alpha value is -2.14. The van der Waals surface area contributed by atoms with Crippen molar-refractivity contribution < 1.29 is 4.39 Å². The molecule has 0 unspecified atom stereocenters. The van der Waals surface area contributed by atoms with Crippen molar-refractivity contribution in [2.45, 2.75) is 6.92 Å². The maximum absolute atomic E-state index is 13.9. The normalized spacial score (nSPS) is 10.8. The predicted molar refractivity (Wildman–Crippen MR) is 88.3 cm³/mol. The lowest BCUT2D eigenvalue weighted by molar-refractivity contribution is 0.631. The van der Waals surface area contributed by atoms with E-state index in [0.717, 1.165) is 21.1 Å². The number of nitrogen functional groups attached to an aromatic ring is 1. The predicted octanol–water partition coefficient (Wildman–Crippen LogP) is 4.77. The van der Waals surface area contributed by atoms with Crippen molar-refractivity contribution in [2.75, 3.05) is 11.1 Å². The molecule has 3 nitrogen and oxygen atoms in total. The van der Waals surface area contributed by atoms with Gasteiger partial charge in [0.15, 0.2) is 0 Å². The first kappa shape index (κ1) is 13.8. The van der Waals surface area contributed by atoms with Gasteiger partial charge in [-0.05, 0) is 58.7 Å². The number of benzene rings is 2. The number of rotatable bonds is 2. The maximum atomic E-state index is 13.9. The van der Waals surface area contributed by atoms with Crippen molar-refractivity contribution in [3.05, 3.63) is 58.4 Å². The number of nitrogens with one attached hydrogen (secondary N) is 1. The Kier molecular flexibility index (Phi) is 3.51. The fourth-order valence-electron chi connectivity index (χ4n) is 2.20. The minimum absolute atomic E-state index is 0.303. The standard InChI is InChI=1S/C16H13BrFN3/c1-9-2-3-12(18)15(6-9)21-14-5-4-13(19)11-7-10(17)8-20-16(11)14/h2-8,21H,19H2,1H3. The zero-order chi connectivity index (χ0) is 15.0. The van der Waals surface area contributed by atoms with Gasteiger partial charge in [-0.15, -0.1) is 0 Å². The largest absolute Gasteiger partial charge is 0.398 e. The average Bonchev–Trinajstić information content (AvgIpc) is 2.46. The molecular formula is C16H13BrFN3. The van der Waals surface area contributed by atoms with Crippen LogP contribution in [0.2, 0.25) is 0 Å². The molecule has 0 fully saturated rings. The number of hydrogen-bond donors (Lipinski definition) is 2. The van der Waals surface area contributed by atoms with Crippen molar-refractivity contribution in [3.63, 3.8) is 0 Å². The van der Waals surface area contributed by atoms with Gasteiger partial charge in [-0.1, -0.05) is 6.07 Å². The van der Waals surface area contributed by atoms with E-state index in [1.165, 1.54) is 6.07 Å². The van der Waals surface area contributed by atoms with Crippen LogP contribution in [-0.2, 0) is 0 Å². The van der Waals surface area contributed by atoms with Crippen molar-refractivity contribution in [3.8, 4) is 0 Å². The third-order valence-electron chi connectivity index (χ3n) is 3.24. The lowest BCUT2D eigenvalue weighted by atomic mass is 10.1. The summed E-state index contributed by atoms with van der Waals surface area (Å²) in [6.45, 7) is 1.92. The Labute approximate surface area is 130 Å². The van der Waals surface area contributed by atoms with Crippen LogP contribution in [0.1, 0.15) is 5.56 Å². The van der Waals surface area contributed by atoms with Gasteiger partial charge in [-0.3, -0.25) is 4.98 Å². The summed E-state index contributed by atoms with van der Waals surface area (Å²) in [7, 11) is 0. The van der Waals surface area contributed by atoms with Gasteiger partial charge in [-0.2, -0.15) is 0 Å². The second kappa shape index (κ2) is 5.33. The van der Waals surface area contributed by atoms with E-state index in [2.05, 4.69) is 26.2 Å². The SMILES string of the molecule is Cc1ccc(F)c(Nc2ccc(N)c3cc(Br)cnc23)c1. The van der Waals surface area contributed by atoms with E-state index in [1.54, 1.807) is 30.5 Å². The highest BCUT2D eigenvalue weighted by Crippen LogP contribution is 2.31. The minimum atomic E-state index is -0.303. The Balaban J connectivity index is 2.13. The van der Waals surface area contributed by atoms with Crippen molar-refractivity contribution in [1.82, 2.24) is 4.98 Å². The van der Waals surface area contributed by atoms with E-state index in [0.29, 0.717) is 16.9 Å². The zero-order valence-corrected chi connectivity index (χ0v) is 12.9. The lowest BCUT2D eigenvalue weighted by Gasteiger charge is -2.12. The molecule has 3 rings (SSSR count). The molecule has 0 saturated heterocycles. The van der Waals surface area contributed by atoms with Crippen LogP contribution in [0.25, 0.3) is 10.9 Å². The Bertz CT molecular complexity index is 833. The molecule has 0 spiro atoms. The Morgan fingerprint density at radius 1 is 1.14 bits per heavy atom. The van der Waals surface area contributed by atoms with Gasteiger partial charge in [0.05, 0.1) is 16.9 Å². The van der Waals surface area contributed by atoms with E-state index < -0.39 is 0 Å². The van der Waals surface area contributed by atoms with Crippen LogP contribution < -0.4 is 11.1 Å². The van der Waals surface area contributed by atoms with Crippen LogP contribution in [0, 0.1) is 12.7 Å². The molecule has 0 aliphatic rings. The monoisotopic (exact) mass is 345 g/mol. The maximum Gasteiger partial charge on any atom is 0.146 e. The first-order valence-electron chi connectivity index (χ1n) is 6.41. The summed E-state index contributed by atoms with van der Waals surface area (Å²) < 4.78 is 14.7. The topological polar surface area (TPSA) is 50.9 Å². The van der Waals surface area contributed by atoms with Crippen LogP contribution in [0.4, 0.5) is 21.5 Å². The molecule has 3 N–H and O–H groups in total. The van der Waals surface area contributed by atoms with Crippen LogP contribution in [-0.4, -0.2) is 4.98 Å². The first-order chi connectivity index (χ1) is 10.0. The molecule has 5 heteroatoms. The number of pyridine rings is 1. The van der Waals surface area contributed by atoms with Gasteiger partial charge in [0.25, 0.3) is 0 Å². The quantitative estimate of drug-likeness (QED) is 0.657. The van der Waals surface area contributed by atoms with Gasteiger partial charge in [0.1, 0.15) is 5.82 Å². The van der Waals surface area contributed by atoms with Crippen LogP contribution >= 0.6 is 15.9 Å². The number of nitrogens with zero attached hydrogens (tertiary/aromatic N) is 1. The van der Waals surface area contributed by atoms with E-state index in [4.69, 9.17) is 5.73 Å². The summed E-state index contributed by atoms with van der Waals surface area (Å²) in [5.41, 5.74) is 9.44. The zero-order valence-electron chi connectivity index (χ0n) is 11.3. The molecule has 0 aliphatic carbocycles. The lowest BCUT2D eigenvalue weighted by Crippen LogP contribution is -1.98. The van der Waals surface area contributed by atoms with Crippen LogP contribution in [0.3, 0.4) is 0 Å². The third-order valence-corrected chi connectivity index (χ3v) is 3.67. The molecule has 1 aromatic heterocycles. The van der Waals surface area contributed by atoms with Gasteiger partial charge < -0.3 is 11.1 Å². The average molecular weight is 346 g/mol. The second-order valence-corrected chi connectivity index (χ2v) is 5.78. The molecule has 1 heterocycles. The number of aromatic nitrogens is 1. The molecule has 0 amide bonds. The molecule has 0 atom stereocenters. The third kappa shape index (κ3) is 2.69. The number of hydrogen-bond acceptors (Lipinski definition) is 3. The smallest absolute Gasteiger partial charge is 0.146 e. The summed E-state index contributed by atoms with van der Waals surface area (Å²) >= 11 is 3.38. The number of halogens is 2. The van der Waals surface area contributed by atoms with E-state index in [1.807, 2.05) is 13.0 Å². The van der Waals surface area contributed by atoms with Crippen molar-refractivity contribution in [2.24, 2.45) is 0 Å². The van der Waals surface area contributed by atoms with Gasteiger partial charge in [0, 0.05) is 21.7 Å². The number of nitrogens with two attached hydrogens (primary N) is 1.